The Kier molecular flexibility index (Phi) is 2.20. The molecule has 0 saturated heterocycles. The number of aromatic nitrogens is 2. The zero-order valence-electron chi connectivity index (χ0n) is 11.5. The summed E-state index contributed by atoms with van der Waals surface area (Å²) in [6.45, 7) is 17.4. The summed E-state index contributed by atoms with van der Waals surface area (Å²) in [5.41, 5.74) is 5.52. The standard InChI is InChI=1S/C17H11N4/c1-11-4-5-16-12(6-11)9-20-10-13-7-14(18-2)15(19-3)8-17(13)21(16)20/h4-8,10H,9H2,1H3/q+1. The number of benzene rings is 2. The molecule has 0 fully saturated rings. The van der Waals surface area contributed by atoms with E-state index < -0.39 is 0 Å². The molecule has 0 unspecified atom stereocenters. The molecule has 4 rings (SSSR count). The average Bonchev–Trinajstić information content (AvgIpc) is 2.99. The first-order chi connectivity index (χ1) is 10.2. The van der Waals surface area contributed by atoms with Crippen LogP contribution in [0.5, 0.6) is 0 Å². The summed E-state index contributed by atoms with van der Waals surface area (Å²) < 4.78 is 4.27. The van der Waals surface area contributed by atoms with E-state index in [-0.39, 0.29) is 0 Å². The monoisotopic (exact) mass is 271 g/mol. The Morgan fingerprint density at radius 1 is 1.10 bits per heavy atom. The fourth-order valence-electron chi connectivity index (χ4n) is 3.01. The summed E-state index contributed by atoms with van der Waals surface area (Å²) in [6.07, 6.45) is 2.05. The van der Waals surface area contributed by atoms with Crippen LogP contribution >= 0.6 is 0 Å². The van der Waals surface area contributed by atoms with Gasteiger partial charge in [-0.2, -0.15) is 0 Å². The van der Waals surface area contributed by atoms with Crippen LogP contribution in [0.25, 0.3) is 26.3 Å². The van der Waals surface area contributed by atoms with Crippen LogP contribution in [0, 0.1) is 20.1 Å². The molecule has 0 spiro atoms. The van der Waals surface area contributed by atoms with Gasteiger partial charge >= 0.3 is 0 Å². The summed E-state index contributed by atoms with van der Waals surface area (Å²) in [5, 5.41) is 1.000. The van der Waals surface area contributed by atoms with Crippen molar-refractivity contribution in [2.45, 2.75) is 13.5 Å². The lowest BCUT2D eigenvalue weighted by Gasteiger charge is -2.00. The van der Waals surface area contributed by atoms with Crippen LogP contribution < -0.4 is 4.68 Å². The molecule has 1 aliphatic rings. The lowest BCUT2D eigenvalue weighted by molar-refractivity contribution is -0.749. The molecule has 3 aromatic rings. The van der Waals surface area contributed by atoms with Gasteiger partial charge in [0, 0.05) is 5.56 Å². The van der Waals surface area contributed by atoms with Gasteiger partial charge in [-0.15, -0.1) is 9.36 Å². The molecule has 4 heteroatoms. The van der Waals surface area contributed by atoms with Crippen molar-refractivity contribution in [1.29, 1.82) is 0 Å². The van der Waals surface area contributed by atoms with Crippen molar-refractivity contribution in [3.05, 3.63) is 70.5 Å². The summed E-state index contributed by atoms with van der Waals surface area (Å²) >= 11 is 0. The molecule has 0 aliphatic carbocycles. The second kappa shape index (κ2) is 3.94. The molecule has 2 heterocycles. The number of aryl methyl sites for hydroxylation is 1. The Bertz CT molecular complexity index is 996. The lowest BCUT2D eigenvalue weighted by Crippen LogP contribution is -2.36. The Hall–Kier alpha value is -3.11. The van der Waals surface area contributed by atoms with Gasteiger partial charge in [-0.1, -0.05) is 17.7 Å². The van der Waals surface area contributed by atoms with Crippen molar-refractivity contribution >= 4 is 22.3 Å². The first-order valence-electron chi connectivity index (χ1n) is 6.65. The van der Waals surface area contributed by atoms with E-state index in [1.807, 2.05) is 18.3 Å². The van der Waals surface area contributed by atoms with E-state index in [2.05, 4.69) is 44.2 Å². The Morgan fingerprint density at radius 3 is 2.62 bits per heavy atom. The molecule has 1 aromatic heterocycles. The number of hydrogen-bond acceptors (Lipinski definition) is 0. The largest absolute Gasteiger partial charge is 0.250 e. The minimum Gasteiger partial charge on any atom is -0.250 e. The zero-order chi connectivity index (χ0) is 14.6. The molecule has 0 saturated carbocycles. The van der Waals surface area contributed by atoms with Gasteiger partial charge in [0.25, 0.3) is 0 Å². The maximum Gasteiger partial charge on any atom is 0.202 e. The van der Waals surface area contributed by atoms with Crippen molar-refractivity contribution in [3.63, 3.8) is 0 Å². The quantitative estimate of drug-likeness (QED) is 0.343. The predicted octanol–water partition coefficient (Wildman–Crippen LogP) is 3.69. The van der Waals surface area contributed by atoms with Gasteiger partial charge < -0.3 is 0 Å². The second-order valence-electron chi connectivity index (χ2n) is 5.29. The van der Waals surface area contributed by atoms with Crippen molar-refractivity contribution in [2.75, 3.05) is 0 Å². The van der Waals surface area contributed by atoms with E-state index in [0.717, 1.165) is 23.1 Å². The molecular formula is C17H11N4+. The summed E-state index contributed by atoms with van der Waals surface area (Å²) in [5.74, 6) is 0. The van der Waals surface area contributed by atoms with Crippen LogP contribution in [0.3, 0.4) is 0 Å². The molecule has 0 radical (unpaired) electrons. The van der Waals surface area contributed by atoms with E-state index in [4.69, 9.17) is 13.1 Å². The van der Waals surface area contributed by atoms with Crippen LogP contribution in [-0.4, -0.2) is 4.68 Å². The minimum atomic E-state index is 0.416. The fraction of sp³-hybridized carbons (Fsp3) is 0.118. The van der Waals surface area contributed by atoms with E-state index in [1.54, 1.807) is 0 Å². The first-order valence-corrected chi connectivity index (χ1v) is 6.65. The SMILES string of the molecule is [C-]#[N+]c1cc2c[n+]3n(c2cc1[N+]#[C-])-c1ccc(C)cc1C3. The van der Waals surface area contributed by atoms with Crippen molar-refractivity contribution in [3.8, 4) is 5.69 Å². The van der Waals surface area contributed by atoms with Gasteiger partial charge in [-0.3, -0.25) is 9.69 Å². The molecule has 1 aliphatic heterocycles. The minimum absolute atomic E-state index is 0.416. The lowest BCUT2D eigenvalue weighted by atomic mass is 10.1. The maximum atomic E-state index is 7.25. The Balaban J connectivity index is 2.07. The second-order valence-corrected chi connectivity index (χ2v) is 5.29. The topological polar surface area (TPSA) is 17.5 Å². The van der Waals surface area contributed by atoms with Crippen molar-refractivity contribution < 1.29 is 4.68 Å². The van der Waals surface area contributed by atoms with Crippen LogP contribution in [0.1, 0.15) is 11.1 Å². The van der Waals surface area contributed by atoms with Crippen LogP contribution in [0.2, 0.25) is 0 Å². The Labute approximate surface area is 122 Å². The highest BCUT2D eigenvalue weighted by Gasteiger charge is 2.28. The number of rotatable bonds is 0. The average molecular weight is 271 g/mol. The molecule has 4 nitrogen and oxygen atoms in total. The highest BCUT2D eigenvalue weighted by Crippen LogP contribution is 2.35. The predicted molar refractivity (Wildman–Crippen MR) is 79.8 cm³/mol. The van der Waals surface area contributed by atoms with Crippen LogP contribution in [0.15, 0.2) is 36.5 Å². The summed E-state index contributed by atoms with van der Waals surface area (Å²) in [7, 11) is 0. The first kappa shape index (κ1) is 11.7. The molecule has 0 atom stereocenters. The van der Waals surface area contributed by atoms with E-state index in [0.29, 0.717) is 11.4 Å². The van der Waals surface area contributed by atoms with Gasteiger partial charge in [0.15, 0.2) is 17.9 Å². The van der Waals surface area contributed by atoms with Gasteiger partial charge in [0.05, 0.1) is 18.5 Å². The number of hydrogen-bond donors (Lipinski definition) is 0. The van der Waals surface area contributed by atoms with Crippen molar-refractivity contribution in [1.82, 2.24) is 4.68 Å². The molecule has 2 aromatic carbocycles. The van der Waals surface area contributed by atoms with Gasteiger partial charge in [0.2, 0.25) is 6.20 Å². The molecule has 0 amide bonds. The van der Waals surface area contributed by atoms with Gasteiger partial charge in [-0.05, 0) is 25.1 Å². The third-order valence-electron chi connectivity index (χ3n) is 3.93. The smallest absolute Gasteiger partial charge is 0.202 e. The molecule has 98 valence electrons. The third kappa shape index (κ3) is 1.50. The van der Waals surface area contributed by atoms with E-state index in [1.165, 1.54) is 11.1 Å². The Morgan fingerprint density at radius 2 is 1.86 bits per heavy atom. The zero-order valence-corrected chi connectivity index (χ0v) is 11.5. The maximum absolute atomic E-state index is 7.25. The summed E-state index contributed by atoms with van der Waals surface area (Å²) in [6, 6.07) is 10.0. The normalized spacial score (nSPS) is 11.8. The molecular weight excluding hydrogens is 260 g/mol. The highest BCUT2D eigenvalue weighted by molar-refractivity contribution is 5.91. The van der Waals surface area contributed by atoms with Crippen molar-refractivity contribution in [2.24, 2.45) is 0 Å². The number of nitrogens with zero attached hydrogens (tertiary/aromatic N) is 4. The third-order valence-corrected chi connectivity index (χ3v) is 3.93. The van der Waals surface area contributed by atoms with Crippen LogP contribution in [-0.2, 0) is 6.54 Å². The van der Waals surface area contributed by atoms with Gasteiger partial charge in [-0.25, -0.2) is 0 Å². The molecule has 0 N–H and O–H groups in total. The number of fused-ring (bicyclic) bond motifs is 5. The van der Waals surface area contributed by atoms with E-state index in [9.17, 15) is 0 Å². The fourth-order valence-corrected chi connectivity index (χ4v) is 3.01. The van der Waals surface area contributed by atoms with E-state index >= 15 is 0 Å². The van der Waals surface area contributed by atoms with Gasteiger partial charge in [0.1, 0.15) is 11.2 Å². The summed E-state index contributed by atoms with van der Waals surface area (Å²) in [4.78, 5) is 6.93. The van der Waals surface area contributed by atoms with Crippen LogP contribution in [0.4, 0.5) is 11.4 Å². The highest BCUT2D eigenvalue weighted by atomic mass is 15.4. The molecule has 0 bridgehead atoms. The molecule has 21 heavy (non-hydrogen) atoms.